The number of carbonyl (C=O) groups excluding carboxylic acids is 2. The van der Waals surface area contributed by atoms with E-state index < -0.39 is 6.04 Å². The maximum Gasteiger partial charge on any atom is 0.324 e. The van der Waals surface area contributed by atoms with E-state index in [1.165, 1.54) is 17.0 Å². The van der Waals surface area contributed by atoms with E-state index in [0.29, 0.717) is 37.7 Å². The fourth-order valence-electron chi connectivity index (χ4n) is 2.36. The van der Waals surface area contributed by atoms with Crippen molar-refractivity contribution in [2.45, 2.75) is 32.7 Å². The number of ether oxygens (including phenoxy) is 1. The van der Waals surface area contributed by atoms with Crippen molar-refractivity contribution >= 4 is 11.9 Å². The number of urea groups is 1. The van der Waals surface area contributed by atoms with Gasteiger partial charge in [-0.3, -0.25) is 9.69 Å². The van der Waals surface area contributed by atoms with E-state index in [4.69, 9.17) is 4.74 Å². The van der Waals surface area contributed by atoms with Crippen molar-refractivity contribution in [1.29, 1.82) is 0 Å². The summed E-state index contributed by atoms with van der Waals surface area (Å²) in [6.07, 6.45) is 1.18. The van der Waals surface area contributed by atoms with E-state index in [2.05, 4.69) is 5.32 Å². The van der Waals surface area contributed by atoms with E-state index in [1.807, 2.05) is 13.8 Å². The molecule has 0 unspecified atom stereocenters. The molecule has 1 fully saturated rings. The molecule has 3 amide bonds. The first kappa shape index (κ1) is 16.3. The molecule has 120 valence electrons. The Morgan fingerprint density at radius 3 is 2.59 bits per heavy atom. The number of imide groups is 1. The van der Waals surface area contributed by atoms with Crippen molar-refractivity contribution in [2.75, 3.05) is 13.2 Å². The number of halogens is 1. The number of amides is 3. The fraction of sp³-hybridized carbons (Fsp3) is 0.500. The lowest BCUT2D eigenvalue weighted by atomic mass is 10.0. The van der Waals surface area contributed by atoms with Gasteiger partial charge >= 0.3 is 6.03 Å². The summed E-state index contributed by atoms with van der Waals surface area (Å²) in [7, 11) is 0. The molecule has 1 aromatic carbocycles. The van der Waals surface area contributed by atoms with E-state index in [9.17, 15) is 14.0 Å². The highest BCUT2D eigenvalue weighted by atomic mass is 19.1. The monoisotopic (exact) mass is 308 g/mol. The average molecular weight is 308 g/mol. The van der Waals surface area contributed by atoms with E-state index in [1.54, 1.807) is 12.1 Å². The summed E-state index contributed by atoms with van der Waals surface area (Å²) in [5.74, 6) is 0.427. The Morgan fingerprint density at radius 1 is 1.27 bits per heavy atom. The molecule has 0 radical (unpaired) electrons. The summed E-state index contributed by atoms with van der Waals surface area (Å²) in [6.45, 7) is 4.70. The molecule has 0 saturated carbocycles. The zero-order chi connectivity index (χ0) is 16.1. The van der Waals surface area contributed by atoms with Gasteiger partial charge in [-0.05, 0) is 43.0 Å². The largest absolute Gasteiger partial charge is 0.494 e. The van der Waals surface area contributed by atoms with Crippen LogP contribution in [0.5, 0.6) is 5.75 Å². The van der Waals surface area contributed by atoms with Crippen LogP contribution in [0.3, 0.4) is 0 Å². The minimum atomic E-state index is -0.412. The number of nitrogens with one attached hydrogen (secondary N) is 1. The number of rotatable bonds is 7. The van der Waals surface area contributed by atoms with Crippen LogP contribution in [0.15, 0.2) is 24.3 Å². The Morgan fingerprint density at radius 2 is 1.95 bits per heavy atom. The molecule has 1 aliphatic rings. The Hall–Kier alpha value is -2.11. The van der Waals surface area contributed by atoms with Crippen LogP contribution in [0.2, 0.25) is 0 Å². The molecule has 0 aromatic heterocycles. The molecule has 22 heavy (non-hydrogen) atoms. The second-order valence-electron chi connectivity index (χ2n) is 5.78. The summed E-state index contributed by atoms with van der Waals surface area (Å²) in [5, 5.41) is 2.70. The molecule has 5 nitrogen and oxygen atoms in total. The van der Waals surface area contributed by atoms with Crippen molar-refractivity contribution < 1.29 is 18.7 Å². The Kier molecular flexibility index (Phi) is 5.35. The molecule has 1 aliphatic heterocycles. The van der Waals surface area contributed by atoms with Gasteiger partial charge in [0.1, 0.15) is 17.6 Å². The minimum absolute atomic E-state index is 0.166. The van der Waals surface area contributed by atoms with Crippen LogP contribution >= 0.6 is 0 Å². The van der Waals surface area contributed by atoms with E-state index in [0.717, 1.165) is 0 Å². The van der Waals surface area contributed by atoms with Gasteiger partial charge in [0, 0.05) is 6.54 Å². The van der Waals surface area contributed by atoms with E-state index in [-0.39, 0.29) is 17.8 Å². The highest BCUT2D eigenvalue weighted by Gasteiger charge is 2.37. The second kappa shape index (κ2) is 7.24. The highest BCUT2D eigenvalue weighted by Crippen LogP contribution is 2.15. The Labute approximate surface area is 129 Å². The van der Waals surface area contributed by atoms with Gasteiger partial charge in [0.2, 0.25) is 0 Å². The fourth-order valence-corrected chi connectivity index (χ4v) is 2.36. The van der Waals surface area contributed by atoms with Crippen LogP contribution < -0.4 is 10.1 Å². The third-order valence-corrected chi connectivity index (χ3v) is 3.42. The van der Waals surface area contributed by atoms with Crippen LogP contribution in [0.4, 0.5) is 9.18 Å². The lowest BCUT2D eigenvalue weighted by Gasteiger charge is -2.14. The molecular formula is C16H21FN2O3. The number of benzene rings is 1. The van der Waals surface area contributed by atoms with Crippen molar-refractivity contribution in [3.05, 3.63) is 30.1 Å². The molecule has 6 heteroatoms. The maximum absolute atomic E-state index is 12.7. The number of carbonyl (C=O) groups is 2. The van der Waals surface area contributed by atoms with Gasteiger partial charge in [0.15, 0.2) is 0 Å². The molecule has 0 bridgehead atoms. The van der Waals surface area contributed by atoms with Gasteiger partial charge < -0.3 is 10.1 Å². The molecule has 0 aliphatic carbocycles. The topological polar surface area (TPSA) is 58.6 Å². The zero-order valence-corrected chi connectivity index (χ0v) is 12.8. The maximum atomic E-state index is 12.7. The van der Waals surface area contributed by atoms with Crippen LogP contribution in [0.25, 0.3) is 0 Å². The molecular weight excluding hydrogens is 287 g/mol. The zero-order valence-electron chi connectivity index (χ0n) is 12.8. The van der Waals surface area contributed by atoms with Crippen molar-refractivity contribution in [1.82, 2.24) is 10.2 Å². The minimum Gasteiger partial charge on any atom is -0.494 e. The normalized spacial score (nSPS) is 18.0. The van der Waals surface area contributed by atoms with Crippen molar-refractivity contribution in [3.8, 4) is 5.75 Å². The summed E-state index contributed by atoms with van der Waals surface area (Å²) in [5.41, 5.74) is 0. The number of nitrogens with zero attached hydrogens (tertiary/aromatic N) is 1. The van der Waals surface area contributed by atoms with Crippen LogP contribution in [0, 0.1) is 11.7 Å². The van der Waals surface area contributed by atoms with Gasteiger partial charge in [-0.25, -0.2) is 9.18 Å². The van der Waals surface area contributed by atoms with Crippen LogP contribution in [-0.4, -0.2) is 36.0 Å². The molecule has 1 aromatic rings. The first-order chi connectivity index (χ1) is 10.5. The van der Waals surface area contributed by atoms with Crippen LogP contribution in [-0.2, 0) is 4.79 Å². The SMILES string of the molecule is CC(C)C[C@@H]1NC(=O)N(CCCOc2ccc(F)cc2)C1=O. The molecule has 1 saturated heterocycles. The van der Waals surface area contributed by atoms with Crippen molar-refractivity contribution in [3.63, 3.8) is 0 Å². The van der Waals surface area contributed by atoms with Gasteiger partial charge in [0.25, 0.3) is 5.91 Å². The van der Waals surface area contributed by atoms with Gasteiger partial charge in [-0.15, -0.1) is 0 Å². The summed E-state index contributed by atoms with van der Waals surface area (Å²) in [4.78, 5) is 25.1. The lowest BCUT2D eigenvalue weighted by Crippen LogP contribution is -2.33. The van der Waals surface area contributed by atoms with Gasteiger partial charge in [0.05, 0.1) is 6.61 Å². The second-order valence-corrected chi connectivity index (χ2v) is 5.78. The predicted octanol–water partition coefficient (Wildman–Crippen LogP) is 2.56. The third-order valence-electron chi connectivity index (χ3n) is 3.42. The predicted molar refractivity (Wildman–Crippen MR) is 80.0 cm³/mol. The Balaban J connectivity index is 1.75. The standard InChI is InChI=1S/C16H21FN2O3/c1-11(2)10-14-15(20)19(16(21)18-14)8-3-9-22-13-6-4-12(17)5-7-13/h4-7,11,14H,3,8-10H2,1-2H3,(H,18,21)/t14-/m0/s1. The van der Waals surface area contributed by atoms with Crippen LogP contribution in [0.1, 0.15) is 26.7 Å². The van der Waals surface area contributed by atoms with Crippen molar-refractivity contribution in [2.24, 2.45) is 5.92 Å². The summed E-state index contributed by atoms with van der Waals surface area (Å²) in [6, 6.07) is 4.98. The molecule has 1 heterocycles. The summed E-state index contributed by atoms with van der Waals surface area (Å²) < 4.78 is 18.2. The first-order valence-electron chi connectivity index (χ1n) is 7.47. The van der Waals surface area contributed by atoms with Gasteiger partial charge in [-0.1, -0.05) is 13.8 Å². The first-order valence-corrected chi connectivity index (χ1v) is 7.47. The highest BCUT2D eigenvalue weighted by molar-refractivity contribution is 6.04. The summed E-state index contributed by atoms with van der Waals surface area (Å²) >= 11 is 0. The molecule has 1 N–H and O–H groups in total. The smallest absolute Gasteiger partial charge is 0.324 e. The average Bonchev–Trinajstić information content (AvgIpc) is 2.71. The Bertz CT molecular complexity index is 531. The number of hydrogen-bond donors (Lipinski definition) is 1. The molecule has 1 atom stereocenters. The third kappa shape index (κ3) is 4.19. The molecule has 2 rings (SSSR count). The quantitative estimate of drug-likeness (QED) is 0.622. The number of hydrogen-bond acceptors (Lipinski definition) is 3. The van der Waals surface area contributed by atoms with E-state index >= 15 is 0 Å². The lowest BCUT2D eigenvalue weighted by molar-refractivity contribution is -0.127. The molecule has 0 spiro atoms. The van der Waals surface area contributed by atoms with Gasteiger partial charge in [-0.2, -0.15) is 0 Å².